The van der Waals surface area contributed by atoms with E-state index in [9.17, 15) is 0 Å². The highest BCUT2D eigenvalue weighted by Gasteiger charge is 2.44. The molecular weight excluding hydrogens is 656 g/mol. The van der Waals surface area contributed by atoms with E-state index in [2.05, 4.69) is 0 Å². The van der Waals surface area contributed by atoms with Gasteiger partial charge in [-0.05, 0) is 41.5 Å². The van der Waals surface area contributed by atoms with E-state index in [1.54, 1.807) is 13.8 Å². The first-order valence-electron chi connectivity index (χ1n) is 10.9. The Labute approximate surface area is 253 Å². The highest BCUT2D eigenvalue weighted by molar-refractivity contribution is 6.53. The van der Waals surface area contributed by atoms with Crippen molar-refractivity contribution in [2.24, 2.45) is 0 Å². The van der Waals surface area contributed by atoms with Crippen LogP contribution in [-0.2, 0) is 26.6 Å². The smallest absolute Gasteiger partial charge is 0.412 e. The number of aliphatic hydroxyl groups is 4. The van der Waals surface area contributed by atoms with E-state index in [-0.39, 0.29) is 35.1 Å². The third-order valence-corrected chi connectivity index (χ3v) is 3.85. The van der Waals surface area contributed by atoms with E-state index < -0.39 is 36.4 Å². The van der Waals surface area contributed by atoms with Crippen molar-refractivity contribution in [2.75, 3.05) is 53.9 Å². The summed E-state index contributed by atoms with van der Waals surface area (Å²) in [6, 6.07) is 0. The summed E-state index contributed by atoms with van der Waals surface area (Å²) in [7, 11) is -11.4. The van der Waals surface area contributed by atoms with Gasteiger partial charge in [-0.1, -0.05) is 13.8 Å². The normalized spacial score (nSPS) is 8.05. The molecule has 0 bridgehead atoms. The van der Waals surface area contributed by atoms with Gasteiger partial charge >= 0.3 is 36.4 Å². The monoisotopic (exact) mass is 718 g/mol. The summed E-state index contributed by atoms with van der Waals surface area (Å²) in [5.41, 5.74) is 0. The average Bonchev–Trinajstić information content (AvgIpc) is 2.78. The number of aliphatic hydroxyl groups excluding tert-OH is 4. The van der Waals surface area contributed by atoms with Crippen LogP contribution in [0, 0.1) is 0 Å². The van der Waals surface area contributed by atoms with Crippen molar-refractivity contribution in [3.05, 3.63) is 0 Å². The first-order chi connectivity index (χ1) is 17.5. The van der Waals surface area contributed by atoms with E-state index in [1.165, 1.54) is 0 Å². The molecule has 0 amide bonds. The van der Waals surface area contributed by atoms with E-state index in [0.717, 1.165) is 14.2 Å². The van der Waals surface area contributed by atoms with Gasteiger partial charge in [0.05, 0.1) is 0 Å². The van der Waals surface area contributed by atoms with Gasteiger partial charge in [0.15, 0.2) is 0 Å². The lowest BCUT2D eigenvalue weighted by Gasteiger charge is -2.26. The largest absolute Gasteiger partial charge is 0.679 e. The van der Waals surface area contributed by atoms with Crippen LogP contribution in [0.2, 0.25) is 0 Å². The molecule has 0 aromatic carbocycles. The van der Waals surface area contributed by atoms with Crippen LogP contribution in [-0.4, -0.2) is 171 Å². The second kappa shape index (κ2) is 77.9. The molecule has 26 heteroatoms. The fourth-order valence-electron chi connectivity index (χ4n) is 0.957. The summed E-state index contributed by atoms with van der Waals surface area (Å²) in [5.74, 6) is 0. The third-order valence-electron chi connectivity index (χ3n) is 1.28. The molecule has 274 valence electrons. The predicted octanol–water partition coefficient (Wildman–Crippen LogP) is -7.33. The molecule has 0 heterocycles. The molecule has 0 fully saturated rings. The maximum atomic E-state index is 8.40. The average molecular weight is 719 g/mol. The van der Waals surface area contributed by atoms with Gasteiger partial charge in [0.1, 0.15) is 0 Å². The minimum absolute atomic E-state index is 0. The van der Waals surface area contributed by atoms with E-state index in [0.29, 0.717) is 26.4 Å². The zero-order valence-corrected chi connectivity index (χ0v) is 30.1. The Bertz CT molecular complexity index is 316. The molecule has 0 saturated carbocycles. The summed E-state index contributed by atoms with van der Waals surface area (Å²) in [6.07, 6.45) is 0. The van der Waals surface area contributed by atoms with Crippen molar-refractivity contribution >= 4 is 36.4 Å². The van der Waals surface area contributed by atoms with Crippen LogP contribution in [0.3, 0.4) is 0 Å². The van der Waals surface area contributed by atoms with Crippen LogP contribution in [0.4, 0.5) is 0 Å². The Balaban J connectivity index is -0.0000000226. The van der Waals surface area contributed by atoms with E-state index in [4.69, 9.17) is 85.4 Å². The summed E-state index contributed by atoms with van der Waals surface area (Å²) in [6.45, 7) is 17.7. The quantitative estimate of drug-likeness (QED) is 0.104. The predicted molar refractivity (Wildman–Crippen MR) is 156 cm³/mol. The molecule has 0 atom stereocenters. The highest BCUT2D eigenvalue weighted by atomic mass is 28.4. The van der Waals surface area contributed by atoms with Gasteiger partial charge in [-0.15, -0.1) is 0 Å². The summed E-state index contributed by atoms with van der Waals surface area (Å²) < 4.78 is 38.5. The fraction of sp³-hybridized carbons (Fsp3) is 1.00. The standard InChI is InChI=1S/C8H20O4Si.2C2H6O.C2H6.2CH4O.2H4O4Si.O2Si.4H2O/c1-5-9-13(10-6-2,11-7-3)12-8-4;2*1-2-3;3*1-2;2*1-5(2,3)4;1-3-2;;;;/h5-8H2,1-4H3;2*3H,2H2,1H3;1-2H3;2*2H,1H3;2*1-4H;;4*1H2. The first-order valence-corrected chi connectivity index (χ1v) is 17.0. The molecule has 0 radical (unpaired) electrons. The van der Waals surface area contributed by atoms with E-state index in [1.807, 2.05) is 41.5 Å². The third kappa shape index (κ3) is 242. The van der Waals surface area contributed by atoms with Gasteiger partial charge in [-0.3, -0.25) is 8.92 Å². The Hall–Kier alpha value is -0.332. The van der Waals surface area contributed by atoms with Crippen LogP contribution in [0.5, 0.6) is 0 Å². The number of hydrogen-bond donors (Lipinski definition) is 12. The Morgan fingerprint density at radius 3 is 0.595 bits per heavy atom. The summed E-state index contributed by atoms with van der Waals surface area (Å²) in [4.78, 5) is 58.6. The van der Waals surface area contributed by atoms with Crippen molar-refractivity contribution in [3.8, 4) is 0 Å². The Morgan fingerprint density at radius 1 is 0.476 bits per heavy atom. The maximum absolute atomic E-state index is 8.40. The lowest BCUT2D eigenvalue weighted by molar-refractivity contribution is -0.0247. The Morgan fingerprint density at radius 2 is 0.548 bits per heavy atom. The number of rotatable bonds is 8. The lowest BCUT2D eigenvalue weighted by Crippen LogP contribution is -2.49. The second-order valence-electron chi connectivity index (χ2n) is 4.15. The topological polar surface area (TPSA) is 440 Å². The second-order valence-corrected chi connectivity index (χ2v) is 8.87. The van der Waals surface area contributed by atoms with E-state index >= 15 is 0 Å². The summed E-state index contributed by atoms with van der Waals surface area (Å²) in [5, 5.41) is 29.1. The first kappa shape index (κ1) is 83.9. The molecular formula is C16H62O22Si4. The molecule has 0 aliphatic rings. The van der Waals surface area contributed by atoms with Crippen LogP contribution >= 0.6 is 0 Å². The van der Waals surface area contributed by atoms with Crippen molar-refractivity contribution in [1.29, 1.82) is 0 Å². The van der Waals surface area contributed by atoms with Gasteiger partial charge < -0.3 is 98.4 Å². The zero-order valence-electron chi connectivity index (χ0n) is 26.1. The molecule has 0 rings (SSSR count). The van der Waals surface area contributed by atoms with Crippen LogP contribution in [0.1, 0.15) is 55.4 Å². The highest BCUT2D eigenvalue weighted by Crippen LogP contribution is 2.11. The fourth-order valence-corrected chi connectivity index (χ4v) is 2.87. The number of hydrogen-bond acceptors (Lipinski definition) is 18. The molecule has 0 aliphatic carbocycles. The van der Waals surface area contributed by atoms with Gasteiger partial charge in [-0.25, -0.2) is 0 Å². The van der Waals surface area contributed by atoms with Gasteiger partial charge in [-0.2, -0.15) is 0 Å². The van der Waals surface area contributed by atoms with Crippen LogP contribution in [0.15, 0.2) is 0 Å². The van der Waals surface area contributed by atoms with Crippen molar-refractivity contribution in [2.45, 2.75) is 55.4 Å². The molecule has 42 heavy (non-hydrogen) atoms. The van der Waals surface area contributed by atoms with Gasteiger partial charge in [0, 0.05) is 53.9 Å². The zero-order chi connectivity index (χ0) is 33.3. The lowest BCUT2D eigenvalue weighted by atomic mass is 10.9. The van der Waals surface area contributed by atoms with Crippen LogP contribution < -0.4 is 0 Å². The molecule has 0 unspecified atom stereocenters. The van der Waals surface area contributed by atoms with Crippen LogP contribution in [0.25, 0.3) is 0 Å². The SMILES string of the molecule is CC.CCO.CCO.CCO[Si](OCC)(OCC)OCC.CO.CO.O.O.O.O.O=[Si]=O.O[Si](O)(O)O.O[Si](O)(O)O. The molecule has 0 aromatic heterocycles. The van der Waals surface area contributed by atoms with Gasteiger partial charge in [0.2, 0.25) is 0 Å². The minimum atomic E-state index is -4.61. The molecule has 22 nitrogen and oxygen atoms in total. The van der Waals surface area contributed by atoms with Gasteiger partial charge in [0.25, 0.3) is 0 Å². The summed E-state index contributed by atoms with van der Waals surface area (Å²) >= 11 is 0. The molecule has 20 N–H and O–H groups in total. The molecule has 0 aliphatic heterocycles. The molecule has 0 aromatic rings. The minimum Gasteiger partial charge on any atom is -0.412 e. The van der Waals surface area contributed by atoms with Crippen molar-refractivity contribution in [1.82, 2.24) is 0 Å². The van der Waals surface area contributed by atoms with Crippen molar-refractivity contribution in [3.63, 3.8) is 0 Å². The molecule has 0 saturated heterocycles. The maximum Gasteiger partial charge on any atom is 0.679 e. The molecule has 0 spiro atoms. The Kier molecular flexibility index (Phi) is 155. The van der Waals surface area contributed by atoms with Crippen molar-refractivity contribution < 1.29 is 107 Å².